The molecule has 2 saturated heterocycles. The number of pyridine rings is 1. The van der Waals surface area contributed by atoms with Crippen LogP contribution in [0, 0.1) is 15.9 Å². The molecule has 5 aromatic rings. The van der Waals surface area contributed by atoms with Crippen LogP contribution in [0.3, 0.4) is 0 Å². The maximum Gasteiger partial charge on any atom is 0.296 e. The fourth-order valence-electron chi connectivity index (χ4n) is 8.25. The largest absolute Gasteiger partial charge is 0.455 e. The summed E-state index contributed by atoms with van der Waals surface area (Å²) in [5.74, 6) is -2.67. The van der Waals surface area contributed by atoms with Gasteiger partial charge in [0.1, 0.15) is 28.6 Å². The number of carbonyl (C=O) groups excluding carboxylic acids is 1. The first kappa shape index (κ1) is 42.3. The number of aromatic amines is 1. The molecule has 2 N–H and O–H groups in total. The lowest BCUT2D eigenvalue weighted by atomic mass is 9.87. The molecule has 0 amide bonds. The summed E-state index contributed by atoms with van der Waals surface area (Å²) in [5.41, 5.74) is 4.18. The molecule has 17 heteroatoms. The first-order valence-corrected chi connectivity index (χ1v) is 22.3. The number of sulfone groups is 1. The van der Waals surface area contributed by atoms with Crippen molar-refractivity contribution in [2.24, 2.45) is 0 Å². The lowest BCUT2D eigenvalue weighted by Crippen LogP contribution is -2.52. The van der Waals surface area contributed by atoms with Crippen molar-refractivity contribution < 1.29 is 36.7 Å². The number of nitro groups is 1. The monoisotopic (exact) mass is 872 g/mol. The molecule has 2 fully saturated rings. The molecule has 320 valence electrons. The first-order valence-electron chi connectivity index (χ1n) is 20.3. The smallest absolute Gasteiger partial charge is 0.296 e. The van der Waals surface area contributed by atoms with Gasteiger partial charge in [0, 0.05) is 73.2 Å². The summed E-state index contributed by atoms with van der Waals surface area (Å²) in [5, 5.41) is 16.2. The van der Waals surface area contributed by atoms with Gasteiger partial charge in [-0.25, -0.2) is 17.8 Å². The van der Waals surface area contributed by atoms with Crippen LogP contribution < -0.4 is 15.0 Å². The van der Waals surface area contributed by atoms with E-state index in [0.717, 1.165) is 60.9 Å². The van der Waals surface area contributed by atoms with Crippen molar-refractivity contribution in [2.45, 2.75) is 49.6 Å². The van der Waals surface area contributed by atoms with Gasteiger partial charge in [-0.3, -0.25) is 19.8 Å². The van der Waals surface area contributed by atoms with Crippen LogP contribution in [0.25, 0.3) is 16.6 Å². The van der Waals surface area contributed by atoms with Crippen LogP contribution in [0.15, 0.2) is 89.6 Å². The molecule has 0 radical (unpaired) electrons. The van der Waals surface area contributed by atoms with Crippen LogP contribution >= 0.6 is 11.6 Å². The number of benzene rings is 3. The Morgan fingerprint density at radius 3 is 2.67 bits per heavy atom. The molecule has 4 heterocycles. The summed E-state index contributed by atoms with van der Waals surface area (Å²) in [6, 6.07) is 18.3. The number of ether oxygens (including phenoxy) is 3. The van der Waals surface area contributed by atoms with Gasteiger partial charge < -0.3 is 29.4 Å². The van der Waals surface area contributed by atoms with E-state index in [0.29, 0.717) is 43.8 Å². The molecule has 2 aromatic heterocycles. The fourth-order valence-corrected chi connectivity index (χ4v) is 9.61. The molecule has 0 bridgehead atoms. The summed E-state index contributed by atoms with van der Waals surface area (Å²) in [4.78, 5) is 36.6. The molecular weight excluding hydrogens is 827 g/mol. The Morgan fingerprint density at radius 1 is 1.08 bits per heavy atom. The van der Waals surface area contributed by atoms with Crippen molar-refractivity contribution in [2.75, 3.05) is 68.5 Å². The SMILES string of the molecule is C[C@@H]1CN(c2ccc(C(=O)CS(=O)(=O)c3cc(F)c(NCC4COCCO4)c([N+](=O)[O-])c3)c(Oc3cnc4[nH]ccc4c3)c2)CCN1CC1=C(c2ccc(Cl)cc2)CCCC1. The van der Waals surface area contributed by atoms with E-state index in [4.69, 9.17) is 25.8 Å². The Bertz CT molecular complexity index is 2580. The van der Waals surface area contributed by atoms with E-state index < -0.39 is 54.5 Å². The van der Waals surface area contributed by atoms with Gasteiger partial charge in [0.05, 0.1) is 47.5 Å². The van der Waals surface area contributed by atoms with Crippen LogP contribution in [0.5, 0.6) is 11.5 Å². The van der Waals surface area contributed by atoms with E-state index in [1.807, 2.05) is 18.2 Å². The zero-order valence-corrected chi connectivity index (χ0v) is 35.1. The molecule has 0 spiro atoms. The minimum Gasteiger partial charge on any atom is -0.455 e. The van der Waals surface area contributed by atoms with E-state index in [-0.39, 0.29) is 30.5 Å². The third-order valence-corrected chi connectivity index (χ3v) is 13.3. The summed E-state index contributed by atoms with van der Waals surface area (Å²) in [7, 11) is -4.59. The minimum atomic E-state index is -4.59. The molecule has 1 aliphatic carbocycles. The number of aromatic nitrogens is 2. The Labute approximate surface area is 357 Å². The van der Waals surface area contributed by atoms with E-state index in [9.17, 15) is 23.3 Å². The molecule has 8 rings (SSSR count). The quantitative estimate of drug-likeness (QED) is 0.0626. The number of rotatable bonds is 14. The molecule has 3 aliphatic rings. The summed E-state index contributed by atoms with van der Waals surface area (Å²) in [6.07, 6.45) is 7.18. The number of hydrogen-bond donors (Lipinski definition) is 2. The van der Waals surface area contributed by atoms with Crippen molar-refractivity contribution >= 4 is 60.9 Å². The summed E-state index contributed by atoms with van der Waals surface area (Å²) < 4.78 is 60.1. The number of fused-ring (bicyclic) bond motifs is 1. The fraction of sp³-hybridized carbons (Fsp3) is 0.364. The minimum absolute atomic E-state index is 0.00745. The highest BCUT2D eigenvalue weighted by Gasteiger charge is 2.31. The molecule has 14 nitrogen and oxygen atoms in total. The van der Waals surface area contributed by atoms with Crippen LogP contribution in [-0.4, -0.2) is 104 Å². The number of nitrogens with zero attached hydrogens (tertiary/aromatic N) is 4. The second-order valence-electron chi connectivity index (χ2n) is 15.6. The van der Waals surface area contributed by atoms with Crippen LogP contribution in [-0.2, 0) is 19.3 Å². The number of halogens is 2. The number of hydrogen-bond acceptors (Lipinski definition) is 12. The first-order chi connectivity index (χ1) is 29.4. The molecule has 0 saturated carbocycles. The second-order valence-corrected chi connectivity index (χ2v) is 18.0. The predicted molar refractivity (Wildman–Crippen MR) is 231 cm³/mol. The molecule has 1 unspecified atom stereocenters. The van der Waals surface area contributed by atoms with Crippen molar-refractivity contribution in [3.63, 3.8) is 0 Å². The standard InChI is InChI=1S/C44H46ClFN6O8S/c1-28-24-51(15-14-50(28)25-31-4-2-3-5-37(31)29-6-8-32(45)9-7-29)33-10-11-38(42(19-33)60-34-18-30-12-13-47-44(30)49-22-34)41(53)27-61(56,57)36-20-39(46)43(40(21-36)52(54)55)48-23-35-26-58-16-17-59-35/h6-13,18-22,28,35,48H,2-5,14-17,23-27H2,1H3,(H,47,49)/t28-,35?/m1/s1. The zero-order valence-electron chi connectivity index (χ0n) is 33.6. The Kier molecular flexibility index (Phi) is 12.7. The van der Waals surface area contributed by atoms with Gasteiger partial charge in [-0.2, -0.15) is 0 Å². The number of carbonyl (C=O) groups is 1. The topological polar surface area (TPSA) is 169 Å². The number of allylic oxidation sites excluding steroid dienone is 1. The Hall–Kier alpha value is -5.39. The molecule has 3 aromatic carbocycles. The molecule has 61 heavy (non-hydrogen) atoms. The Morgan fingerprint density at radius 2 is 1.90 bits per heavy atom. The summed E-state index contributed by atoms with van der Waals surface area (Å²) in [6.45, 7) is 6.18. The highest BCUT2D eigenvalue weighted by Crippen LogP contribution is 2.37. The molecule has 2 atom stereocenters. The second kappa shape index (κ2) is 18.3. The van der Waals surface area contributed by atoms with Gasteiger partial charge in [0.25, 0.3) is 5.69 Å². The third kappa shape index (κ3) is 9.73. The van der Waals surface area contributed by atoms with Crippen molar-refractivity contribution in [3.8, 4) is 11.5 Å². The number of ketones is 1. The van der Waals surface area contributed by atoms with Crippen LogP contribution in [0.4, 0.5) is 21.5 Å². The average Bonchev–Trinajstić information content (AvgIpc) is 3.72. The highest BCUT2D eigenvalue weighted by atomic mass is 35.5. The highest BCUT2D eigenvalue weighted by molar-refractivity contribution is 7.92. The van der Waals surface area contributed by atoms with Gasteiger partial charge >= 0.3 is 0 Å². The van der Waals surface area contributed by atoms with Crippen molar-refractivity contribution in [3.05, 3.63) is 117 Å². The van der Waals surface area contributed by atoms with Gasteiger partial charge in [-0.05, 0) is 86.2 Å². The average molecular weight is 873 g/mol. The molecule has 2 aliphatic heterocycles. The zero-order chi connectivity index (χ0) is 42.7. The third-order valence-electron chi connectivity index (χ3n) is 11.5. The van der Waals surface area contributed by atoms with Crippen LogP contribution in [0.1, 0.15) is 48.5 Å². The predicted octanol–water partition coefficient (Wildman–Crippen LogP) is 8.08. The number of nitrogens with one attached hydrogen (secondary N) is 2. The van der Waals surface area contributed by atoms with Gasteiger partial charge in [-0.15, -0.1) is 0 Å². The normalized spacial score (nSPS) is 19.0. The van der Waals surface area contributed by atoms with Gasteiger partial charge in [0.2, 0.25) is 0 Å². The van der Waals surface area contributed by atoms with E-state index >= 15 is 4.39 Å². The Balaban J connectivity index is 1.03. The van der Waals surface area contributed by atoms with E-state index in [1.165, 1.54) is 29.0 Å². The van der Waals surface area contributed by atoms with Gasteiger partial charge in [0.15, 0.2) is 21.4 Å². The van der Waals surface area contributed by atoms with E-state index in [1.54, 1.807) is 24.4 Å². The number of Topliss-reactive ketones (excluding diaryl/α,β-unsaturated/α-hetero) is 1. The van der Waals surface area contributed by atoms with E-state index in [2.05, 4.69) is 44.1 Å². The number of anilines is 2. The summed E-state index contributed by atoms with van der Waals surface area (Å²) >= 11 is 6.20. The lowest BCUT2D eigenvalue weighted by Gasteiger charge is -2.42. The van der Waals surface area contributed by atoms with Crippen LogP contribution in [0.2, 0.25) is 5.02 Å². The maximum absolute atomic E-state index is 15.5. The van der Waals surface area contributed by atoms with Gasteiger partial charge in [-0.1, -0.05) is 29.3 Å². The number of H-pyrrole nitrogens is 1. The maximum atomic E-state index is 15.5. The lowest BCUT2D eigenvalue weighted by molar-refractivity contribution is -0.384. The molecular formula is C44H46ClFN6O8S. The van der Waals surface area contributed by atoms with Crippen molar-refractivity contribution in [1.82, 2.24) is 14.9 Å². The van der Waals surface area contributed by atoms with Crippen molar-refractivity contribution in [1.29, 1.82) is 0 Å². The number of nitro benzene ring substituents is 1. The number of piperazine rings is 1.